The highest BCUT2D eigenvalue weighted by Crippen LogP contribution is 2.46. The molecule has 3 atom stereocenters. The number of nitrogens with zero attached hydrogens (tertiary/aromatic N) is 1. The second-order valence-corrected chi connectivity index (χ2v) is 9.87. The van der Waals surface area contributed by atoms with Gasteiger partial charge in [-0.3, -0.25) is 19.3 Å². The largest absolute Gasteiger partial charge is 0.508 e. The number of rotatable bonds is 13. The molecule has 2 aliphatic heterocycles. The lowest BCUT2D eigenvalue weighted by Gasteiger charge is -2.55. The number of amides is 2. The number of thioether (sulfide) groups is 1. The Balaban J connectivity index is 1.70. The van der Waals surface area contributed by atoms with Crippen molar-refractivity contribution in [1.82, 2.24) is 10.2 Å². The van der Waals surface area contributed by atoms with E-state index in [1.165, 1.54) is 32.4 Å². The number of phenolic OH excluding ortho intramolecular Hbond substituents is 1. The number of β-lactam (4-membered cyclic amide) rings is 1. The van der Waals surface area contributed by atoms with Gasteiger partial charge in [-0.2, -0.15) is 0 Å². The number of hydrogen-bond acceptors (Lipinski definition) is 11. The van der Waals surface area contributed by atoms with Gasteiger partial charge in [0.25, 0.3) is 11.6 Å². The molecule has 15 heteroatoms. The first-order chi connectivity index (χ1) is 18.9. The number of carbonyl (C=O) groups is 5. The van der Waals surface area contributed by atoms with Gasteiger partial charge < -0.3 is 40.6 Å². The molecule has 1 fully saturated rings. The third kappa shape index (κ3) is 6.38. The van der Waals surface area contributed by atoms with Crippen molar-refractivity contribution in [1.29, 1.82) is 0 Å². The van der Waals surface area contributed by atoms with Gasteiger partial charge in [0, 0.05) is 24.9 Å². The van der Waals surface area contributed by atoms with Gasteiger partial charge in [0.1, 0.15) is 29.5 Å². The average molecular weight is 580 g/mol. The van der Waals surface area contributed by atoms with Crippen LogP contribution < -0.4 is 11.1 Å². The predicted molar refractivity (Wildman–Crippen MR) is 139 cm³/mol. The maximum atomic E-state index is 13.2. The molecule has 1 aromatic rings. The van der Waals surface area contributed by atoms with Crippen molar-refractivity contribution in [3.8, 4) is 5.75 Å². The Bertz CT molecular complexity index is 1250. The third-order valence-corrected chi connectivity index (χ3v) is 7.56. The number of methoxy groups -OCH3 is 2. The first-order valence-electron chi connectivity index (χ1n) is 11.9. The Morgan fingerprint density at radius 2 is 1.90 bits per heavy atom. The molecular formula is C25H29N3O11S. The summed E-state index contributed by atoms with van der Waals surface area (Å²) in [7, 11) is 2.46. The minimum absolute atomic E-state index is 0.0398. The summed E-state index contributed by atoms with van der Waals surface area (Å²) in [6.07, 6.45) is 1.45. The molecule has 216 valence electrons. The second kappa shape index (κ2) is 12.8. The molecule has 1 saturated heterocycles. The van der Waals surface area contributed by atoms with E-state index in [0.29, 0.717) is 5.56 Å². The smallest absolute Gasteiger partial charge is 0.373 e. The van der Waals surface area contributed by atoms with Crippen LogP contribution in [0, 0.1) is 0 Å². The maximum Gasteiger partial charge on any atom is 0.373 e. The zero-order valence-corrected chi connectivity index (χ0v) is 22.4. The molecule has 0 spiro atoms. The van der Waals surface area contributed by atoms with E-state index in [1.54, 1.807) is 12.1 Å². The molecule has 3 rings (SSSR count). The van der Waals surface area contributed by atoms with Crippen LogP contribution in [0.4, 0.5) is 0 Å². The monoisotopic (exact) mass is 579 g/mol. The predicted octanol–water partition coefficient (Wildman–Crippen LogP) is 0.218. The summed E-state index contributed by atoms with van der Waals surface area (Å²) in [5.41, 5.74) is 3.91. The molecule has 0 bridgehead atoms. The number of carboxylic acids is 2. The zero-order chi connectivity index (χ0) is 29.6. The number of benzene rings is 1. The number of hydrogen-bond donors (Lipinski definition) is 5. The number of nitrogens with one attached hydrogen (secondary N) is 1. The quantitative estimate of drug-likeness (QED) is 0.0696. The van der Waals surface area contributed by atoms with Crippen LogP contribution >= 0.6 is 11.8 Å². The van der Waals surface area contributed by atoms with E-state index in [9.17, 15) is 34.2 Å². The topological polar surface area (TPSA) is 215 Å². The fourth-order valence-corrected chi connectivity index (χ4v) is 5.50. The molecule has 14 nitrogen and oxygen atoms in total. The van der Waals surface area contributed by atoms with Gasteiger partial charge in [0.15, 0.2) is 0 Å². The van der Waals surface area contributed by atoms with Crippen LogP contribution in [-0.2, 0) is 38.2 Å². The molecule has 2 heterocycles. The van der Waals surface area contributed by atoms with Crippen LogP contribution in [0.5, 0.6) is 5.75 Å². The Kier molecular flexibility index (Phi) is 9.78. The third-order valence-electron chi connectivity index (χ3n) is 6.19. The van der Waals surface area contributed by atoms with Crippen LogP contribution in [0.15, 0.2) is 41.3 Å². The number of nitrogens with two attached hydrogens (primary N) is 1. The van der Waals surface area contributed by atoms with Crippen LogP contribution in [0.3, 0.4) is 0 Å². The van der Waals surface area contributed by atoms with E-state index < -0.39 is 59.2 Å². The van der Waals surface area contributed by atoms with E-state index in [1.807, 2.05) is 0 Å². The molecule has 6 N–H and O–H groups in total. The number of fused-ring (bicyclic) bond motifs is 1. The lowest BCUT2D eigenvalue weighted by atomic mass is 9.97. The summed E-state index contributed by atoms with van der Waals surface area (Å²) < 4.78 is 15.7. The van der Waals surface area contributed by atoms with Crippen molar-refractivity contribution in [3.05, 3.63) is 46.9 Å². The average Bonchev–Trinajstić information content (AvgIpc) is 2.93. The molecular weight excluding hydrogens is 550 g/mol. The number of carbonyl (C=O) groups excluding carboxylic acids is 3. The van der Waals surface area contributed by atoms with E-state index in [0.717, 1.165) is 16.7 Å². The fraction of sp³-hybridized carbons (Fsp3) is 0.400. The van der Waals surface area contributed by atoms with Crippen molar-refractivity contribution in [2.24, 2.45) is 5.73 Å². The number of phenols is 1. The van der Waals surface area contributed by atoms with Gasteiger partial charge in [0.05, 0.1) is 7.11 Å². The number of carboxylic acid groups (broad SMARTS) is 2. The van der Waals surface area contributed by atoms with E-state index in [2.05, 4.69) is 5.32 Å². The number of esters is 1. The summed E-state index contributed by atoms with van der Waals surface area (Å²) in [6, 6.07) is 4.81. The fourth-order valence-electron chi connectivity index (χ4n) is 4.08. The molecule has 0 aliphatic carbocycles. The molecule has 1 aromatic carbocycles. The molecule has 0 aromatic heterocycles. The number of aliphatic carboxylic acids is 2. The van der Waals surface area contributed by atoms with Gasteiger partial charge in [0.2, 0.25) is 11.7 Å². The maximum absolute atomic E-state index is 13.2. The van der Waals surface area contributed by atoms with Gasteiger partial charge in [-0.1, -0.05) is 12.1 Å². The van der Waals surface area contributed by atoms with Crippen LogP contribution in [0.2, 0.25) is 0 Å². The lowest BCUT2D eigenvalue weighted by molar-refractivity contribution is -0.192. The van der Waals surface area contributed by atoms with Gasteiger partial charge in [-0.15, -0.1) is 11.8 Å². The minimum Gasteiger partial charge on any atom is -0.508 e. The summed E-state index contributed by atoms with van der Waals surface area (Å²) in [5, 5.41) is 29.7. The summed E-state index contributed by atoms with van der Waals surface area (Å²) in [4.78, 5) is 62.2. The Labute approximate surface area is 232 Å². The highest BCUT2D eigenvalue weighted by atomic mass is 32.2. The van der Waals surface area contributed by atoms with Crippen molar-refractivity contribution < 1.29 is 53.5 Å². The lowest BCUT2D eigenvalue weighted by Crippen LogP contribution is -2.80. The first-order valence-corrected chi connectivity index (χ1v) is 13.0. The normalized spacial score (nSPS) is 21.2. The van der Waals surface area contributed by atoms with Gasteiger partial charge >= 0.3 is 17.9 Å². The highest BCUT2D eigenvalue weighted by Gasteiger charge is 2.66. The number of ether oxygens (including phenoxy) is 3. The van der Waals surface area contributed by atoms with Gasteiger partial charge in [-0.25, -0.2) is 9.59 Å². The first kappa shape index (κ1) is 30.5. The van der Waals surface area contributed by atoms with Crippen molar-refractivity contribution in [3.63, 3.8) is 0 Å². The number of aromatic hydroxyl groups is 1. The van der Waals surface area contributed by atoms with Crippen LogP contribution in [-0.4, -0.2) is 93.7 Å². The van der Waals surface area contributed by atoms with E-state index in [4.69, 9.17) is 25.1 Å². The van der Waals surface area contributed by atoms with Crippen molar-refractivity contribution in [2.75, 3.05) is 26.6 Å². The van der Waals surface area contributed by atoms with Crippen LogP contribution in [0.1, 0.15) is 24.8 Å². The SMILES string of the molecule is CO/C(=C/c1ccc(O)cc1)C(=O)OCC1=C(C(=O)O)N2C(=O)[C@](NC(=O)CCC[C@H](N)C(=O)O)(OC)[C@H]2SC1. The Morgan fingerprint density at radius 3 is 2.48 bits per heavy atom. The van der Waals surface area contributed by atoms with E-state index >= 15 is 0 Å². The highest BCUT2D eigenvalue weighted by molar-refractivity contribution is 8.00. The second-order valence-electron chi connectivity index (χ2n) is 8.80. The zero-order valence-electron chi connectivity index (χ0n) is 21.6. The minimum atomic E-state index is -1.82. The Hall–Kier alpha value is -4.08. The molecule has 0 radical (unpaired) electrons. The molecule has 2 aliphatic rings. The summed E-state index contributed by atoms with van der Waals surface area (Å²) in [6.45, 7) is -0.448. The van der Waals surface area contributed by atoms with Crippen molar-refractivity contribution in [2.45, 2.75) is 36.4 Å². The standard InChI is InChI=1S/C25H29N3O11S/c1-37-17(10-13-6-8-15(29)9-7-13)22(35)39-11-14-12-40-24-25(38-2,23(36)28(24)19(14)21(33)34)27-18(30)5-3-4-16(26)20(31)32/h6-10,16,24,29H,3-5,11-12,26H2,1-2H3,(H,27,30)(H,31,32)(H,33,34)/b17-10+/t16-,24+,25-/m0/s1. The summed E-state index contributed by atoms with van der Waals surface area (Å²) >= 11 is 1.11. The van der Waals surface area contributed by atoms with Crippen molar-refractivity contribution >= 4 is 47.6 Å². The van der Waals surface area contributed by atoms with Crippen LogP contribution in [0.25, 0.3) is 6.08 Å². The van der Waals surface area contributed by atoms with E-state index in [-0.39, 0.29) is 42.1 Å². The Morgan fingerprint density at radius 1 is 1.23 bits per heavy atom. The molecule has 0 saturated carbocycles. The molecule has 0 unspecified atom stereocenters. The molecule has 2 amide bonds. The summed E-state index contributed by atoms with van der Waals surface area (Å²) in [5.74, 6) is -5.02. The molecule has 40 heavy (non-hydrogen) atoms. The van der Waals surface area contributed by atoms with Gasteiger partial charge in [-0.05, 0) is 36.6 Å².